The zero-order valence-corrected chi connectivity index (χ0v) is 13.0. The van der Waals surface area contributed by atoms with Crippen molar-refractivity contribution in [3.63, 3.8) is 0 Å². The van der Waals surface area contributed by atoms with E-state index in [1.165, 1.54) is 0 Å². The molecule has 0 saturated carbocycles. The molecular weight excluding hydrogens is 354 g/mol. The van der Waals surface area contributed by atoms with Crippen LogP contribution in [-0.2, 0) is 0 Å². The summed E-state index contributed by atoms with van der Waals surface area (Å²) in [5, 5.41) is 0. The summed E-state index contributed by atoms with van der Waals surface area (Å²) in [6, 6.07) is 11.1. The Balaban J connectivity index is 2.51. The summed E-state index contributed by atoms with van der Waals surface area (Å²) in [5.74, 6) is 5.41. The van der Waals surface area contributed by atoms with E-state index < -0.39 is 0 Å². The van der Waals surface area contributed by atoms with E-state index in [0.717, 1.165) is 20.3 Å². The maximum absolute atomic E-state index is 14.2. The molecule has 0 fully saturated rings. The minimum absolute atomic E-state index is 0.223. The second kappa shape index (κ2) is 5.98. The smallest absolute Gasteiger partial charge is 0.128 e. The van der Waals surface area contributed by atoms with E-state index in [1.807, 2.05) is 44.2 Å². The fourth-order valence-electron chi connectivity index (χ4n) is 2.29. The van der Waals surface area contributed by atoms with Gasteiger partial charge in [-0.1, -0.05) is 18.2 Å². The van der Waals surface area contributed by atoms with Crippen LogP contribution in [0.15, 0.2) is 36.4 Å². The van der Waals surface area contributed by atoms with Gasteiger partial charge in [0.25, 0.3) is 0 Å². The number of nitrogens with one attached hydrogen (secondary N) is 1. The van der Waals surface area contributed by atoms with Gasteiger partial charge in [-0.15, -0.1) is 0 Å². The largest absolute Gasteiger partial charge is 0.271 e. The Labute approximate surface area is 126 Å². The Bertz CT molecular complexity index is 558. The Morgan fingerprint density at radius 3 is 2.32 bits per heavy atom. The van der Waals surface area contributed by atoms with Crippen molar-refractivity contribution in [3.05, 3.63) is 68.0 Å². The molecule has 19 heavy (non-hydrogen) atoms. The highest BCUT2D eigenvalue weighted by Gasteiger charge is 2.19. The summed E-state index contributed by atoms with van der Waals surface area (Å²) in [6.45, 7) is 3.79. The summed E-state index contributed by atoms with van der Waals surface area (Å²) in [4.78, 5) is 0. The molecule has 0 spiro atoms. The third-order valence-electron chi connectivity index (χ3n) is 3.14. The van der Waals surface area contributed by atoms with Crippen molar-refractivity contribution in [3.8, 4) is 0 Å². The predicted molar refractivity (Wildman–Crippen MR) is 84.2 cm³/mol. The van der Waals surface area contributed by atoms with Gasteiger partial charge in [0.1, 0.15) is 5.82 Å². The maximum Gasteiger partial charge on any atom is 0.128 e. The topological polar surface area (TPSA) is 38.0 Å². The summed E-state index contributed by atoms with van der Waals surface area (Å²) in [7, 11) is 0. The van der Waals surface area contributed by atoms with E-state index in [2.05, 4.69) is 28.0 Å². The normalized spacial score (nSPS) is 12.5. The SMILES string of the molecule is Cc1cc(C)c(C(NN)c2ccc(I)cc2)c(F)c1. The van der Waals surface area contributed by atoms with Gasteiger partial charge < -0.3 is 0 Å². The fourth-order valence-corrected chi connectivity index (χ4v) is 2.65. The molecule has 0 aliphatic rings. The van der Waals surface area contributed by atoms with Crippen molar-refractivity contribution in [1.29, 1.82) is 0 Å². The Morgan fingerprint density at radius 1 is 1.16 bits per heavy atom. The van der Waals surface area contributed by atoms with E-state index in [-0.39, 0.29) is 11.9 Å². The van der Waals surface area contributed by atoms with Gasteiger partial charge >= 0.3 is 0 Å². The van der Waals surface area contributed by atoms with E-state index in [0.29, 0.717) is 5.56 Å². The lowest BCUT2D eigenvalue weighted by Gasteiger charge is -2.20. The quantitative estimate of drug-likeness (QED) is 0.492. The van der Waals surface area contributed by atoms with E-state index in [4.69, 9.17) is 5.84 Å². The van der Waals surface area contributed by atoms with Gasteiger partial charge in [-0.05, 0) is 71.3 Å². The number of hydrogen-bond acceptors (Lipinski definition) is 2. The first-order valence-corrected chi connectivity index (χ1v) is 7.09. The molecule has 0 bridgehead atoms. The molecule has 0 amide bonds. The second-order valence-electron chi connectivity index (χ2n) is 4.63. The third-order valence-corrected chi connectivity index (χ3v) is 3.86. The minimum atomic E-state index is -0.336. The van der Waals surface area contributed by atoms with E-state index in [1.54, 1.807) is 6.07 Å². The standard InChI is InChI=1S/C15H16FIN2/c1-9-7-10(2)14(13(16)8-9)15(19-18)11-3-5-12(17)6-4-11/h3-8,15,19H,18H2,1-2H3. The number of hydrazine groups is 1. The molecule has 2 nitrogen and oxygen atoms in total. The zero-order chi connectivity index (χ0) is 14.0. The van der Waals surface area contributed by atoms with Gasteiger partial charge in [-0.25, -0.2) is 9.82 Å². The molecule has 2 rings (SSSR count). The van der Waals surface area contributed by atoms with Crippen molar-refractivity contribution < 1.29 is 4.39 Å². The highest BCUT2D eigenvalue weighted by Crippen LogP contribution is 2.28. The van der Waals surface area contributed by atoms with Gasteiger partial charge in [-0.3, -0.25) is 5.84 Å². The second-order valence-corrected chi connectivity index (χ2v) is 5.87. The van der Waals surface area contributed by atoms with Gasteiger partial charge in [0.15, 0.2) is 0 Å². The van der Waals surface area contributed by atoms with Crippen LogP contribution in [0.4, 0.5) is 4.39 Å². The summed E-state index contributed by atoms with van der Waals surface area (Å²) >= 11 is 2.24. The van der Waals surface area contributed by atoms with Crippen LogP contribution in [0.25, 0.3) is 0 Å². The van der Waals surface area contributed by atoms with Crippen LogP contribution in [0, 0.1) is 23.2 Å². The van der Waals surface area contributed by atoms with Crippen LogP contribution < -0.4 is 11.3 Å². The van der Waals surface area contributed by atoms with Gasteiger partial charge in [0.2, 0.25) is 0 Å². The lowest BCUT2D eigenvalue weighted by Crippen LogP contribution is -2.30. The number of rotatable bonds is 3. The molecule has 1 atom stereocenters. The van der Waals surface area contributed by atoms with Gasteiger partial charge in [0, 0.05) is 9.13 Å². The van der Waals surface area contributed by atoms with Crippen LogP contribution >= 0.6 is 22.6 Å². The molecular formula is C15H16FIN2. The van der Waals surface area contributed by atoms with E-state index in [9.17, 15) is 4.39 Å². The van der Waals surface area contributed by atoms with Crippen LogP contribution in [0.2, 0.25) is 0 Å². The third kappa shape index (κ3) is 3.13. The number of aryl methyl sites for hydroxylation is 2. The maximum atomic E-state index is 14.2. The van der Waals surface area contributed by atoms with Crippen molar-refractivity contribution in [2.75, 3.05) is 0 Å². The molecule has 100 valence electrons. The zero-order valence-electron chi connectivity index (χ0n) is 10.9. The highest BCUT2D eigenvalue weighted by atomic mass is 127. The molecule has 0 aliphatic carbocycles. The van der Waals surface area contributed by atoms with Crippen LogP contribution in [0.5, 0.6) is 0 Å². The fraction of sp³-hybridized carbons (Fsp3) is 0.200. The lowest BCUT2D eigenvalue weighted by molar-refractivity contribution is 0.556. The summed E-state index contributed by atoms with van der Waals surface area (Å²) in [6.07, 6.45) is 0. The first-order valence-electron chi connectivity index (χ1n) is 6.01. The van der Waals surface area contributed by atoms with Crippen molar-refractivity contribution in [1.82, 2.24) is 5.43 Å². The number of benzene rings is 2. The summed E-state index contributed by atoms with van der Waals surface area (Å²) in [5.41, 5.74) is 6.09. The molecule has 0 radical (unpaired) electrons. The Kier molecular flexibility index (Phi) is 4.54. The van der Waals surface area contributed by atoms with Crippen LogP contribution in [0.3, 0.4) is 0 Å². The Morgan fingerprint density at radius 2 is 1.79 bits per heavy atom. The molecule has 2 aromatic carbocycles. The molecule has 2 aromatic rings. The van der Waals surface area contributed by atoms with Gasteiger partial charge in [0.05, 0.1) is 6.04 Å². The molecule has 1 unspecified atom stereocenters. The monoisotopic (exact) mass is 370 g/mol. The van der Waals surface area contributed by atoms with Gasteiger partial charge in [-0.2, -0.15) is 0 Å². The number of hydrogen-bond donors (Lipinski definition) is 2. The molecule has 3 N–H and O–H groups in total. The molecule has 4 heteroatoms. The molecule has 0 aromatic heterocycles. The number of nitrogens with two attached hydrogens (primary N) is 1. The first kappa shape index (κ1) is 14.4. The molecule has 0 aliphatic heterocycles. The highest BCUT2D eigenvalue weighted by molar-refractivity contribution is 14.1. The van der Waals surface area contributed by atoms with Crippen molar-refractivity contribution >= 4 is 22.6 Å². The lowest BCUT2D eigenvalue weighted by atomic mass is 9.94. The molecule has 0 heterocycles. The first-order chi connectivity index (χ1) is 9.02. The minimum Gasteiger partial charge on any atom is -0.271 e. The van der Waals surface area contributed by atoms with Crippen molar-refractivity contribution in [2.45, 2.75) is 19.9 Å². The van der Waals surface area contributed by atoms with Crippen LogP contribution in [0.1, 0.15) is 28.3 Å². The molecule has 0 saturated heterocycles. The van der Waals surface area contributed by atoms with E-state index >= 15 is 0 Å². The number of halogens is 2. The Hall–Kier alpha value is -0.980. The van der Waals surface area contributed by atoms with Crippen molar-refractivity contribution in [2.24, 2.45) is 5.84 Å². The average Bonchev–Trinajstić information content (AvgIpc) is 2.35. The van der Waals surface area contributed by atoms with Crippen LogP contribution in [-0.4, -0.2) is 0 Å². The predicted octanol–water partition coefficient (Wildman–Crippen LogP) is 3.60. The average molecular weight is 370 g/mol. The summed E-state index contributed by atoms with van der Waals surface area (Å²) < 4.78 is 15.4.